The van der Waals surface area contributed by atoms with Gasteiger partial charge in [-0.1, -0.05) is 18.2 Å². The summed E-state index contributed by atoms with van der Waals surface area (Å²) in [4.78, 5) is 13.2. The Kier molecular flexibility index (Phi) is 4.78. The van der Waals surface area contributed by atoms with Crippen LogP contribution in [0.5, 0.6) is 5.75 Å². The van der Waals surface area contributed by atoms with Crippen molar-refractivity contribution in [3.8, 4) is 5.75 Å². The van der Waals surface area contributed by atoms with Crippen molar-refractivity contribution in [2.24, 2.45) is 0 Å². The molecule has 0 aliphatic rings. The number of anilines is 1. The summed E-state index contributed by atoms with van der Waals surface area (Å²) in [6.45, 7) is 0.162. The molecular formula is C18H16FNO3S. The van der Waals surface area contributed by atoms with Crippen molar-refractivity contribution in [1.82, 2.24) is 0 Å². The highest BCUT2D eigenvalue weighted by atomic mass is 32.1. The van der Waals surface area contributed by atoms with Crippen molar-refractivity contribution in [3.05, 3.63) is 58.7 Å². The van der Waals surface area contributed by atoms with Crippen LogP contribution in [0.15, 0.2) is 42.5 Å². The Morgan fingerprint density at radius 1 is 1.17 bits per heavy atom. The summed E-state index contributed by atoms with van der Waals surface area (Å²) in [6, 6.07) is 11.9. The molecule has 0 atom stereocenters. The number of hydrogen-bond acceptors (Lipinski definition) is 4. The van der Waals surface area contributed by atoms with E-state index >= 15 is 0 Å². The Morgan fingerprint density at radius 2 is 1.96 bits per heavy atom. The van der Waals surface area contributed by atoms with Gasteiger partial charge in [-0.05, 0) is 24.3 Å². The van der Waals surface area contributed by atoms with Crippen LogP contribution in [-0.4, -0.2) is 20.1 Å². The van der Waals surface area contributed by atoms with E-state index in [2.05, 4.69) is 5.32 Å². The molecule has 0 saturated heterocycles. The van der Waals surface area contributed by atoms with Gasteiger partial charge in [0, 0.05) is 22.8 Å². The number of amides is 1. The summed E-state index contributed by atoms with van der Waals surface area (Å²) in [5.74, 6) is -0.106. The maximum Gasteiger partial charge on any atom is 0.266 e. The molecule has 0 spiro atoms. The van der Waals surface area contributed by atoms with Gasteiger partial charge in [-0.3, -0.25) is 4.79 Å². The van der Waals surface area contributed by atoms with Crippen LogP contribution >= 0.6 is 11.3 Å². The molecule has 0 saturated carbocycles. The van der Waals surface area contributed by atoms with Crippen molar-refractivity contribution in [3.63, 3.8) is 0 Å². The molecule has 0 fully saturated rings. The molecule has 0 radical (unpaired) electrons. The lowest BCUT2D eigenvalue weighted by Gasteiger charge is -2.10. The van der Waals surface area contributed by atoms with E-state index in [-0.39, 0.29) is 18.3 Å². The molecule has 0 bridgehead atoms. The Hall–Kier alpha value is -2.44. The number of para-hydroxylation sites is 2. The number of carbonyl (C=O) groups excluding carboxylic acids is 1. The van der Waals surface area contributed by atoms with Gasteiger partial charge in [-0.15, -0.1) is 11.3 Å². The molecule has 1 amide bonds. The third-order valence-corrected chi connectivity index (χ3v) is 4.81. The minimum atomic E-state index is -0.354. The number of halogens is 1. The Bertz CT molecular complexity index is 891. The van der Waals surface area contributed by atoms with E-state index in [0.29, 0.717) is 32.0 Å². The van der Waals surface area contributed by atoms with Gasteiger partial charge in [0.2, 0.25) is 0 Å². The number of hydrogen-bond donors (Lipinski definition) is 1. The number of fused-ring (bicyclic) bond motifs is 1. The lowest BCUT2D eigenvalue weighted by molar-refractivity contribution is 0.102. The van der Waals surface area contributed by atoms with Crippen LogP contribution in [-0.2, 0) is 11.3 Å². The van der Waals surface area contributed by atoms with Crippen LogP contribution in [0.25, 0.3) is 10.1 Å². The predicted molar refractivity (Wildman–Crippen MR) is 93.4 cm³/mol. The molecule has 6 heteroatoms. The van der Waals surface area contributed by atoms with E-state index in [4.69, 9.17) is 9.47 Å². The van der Waals surface area contributed by atoms with Gasteiger partial charge < -0.3 is 14.8 Å². The summed E-state index contributed by atoms with van der Waals surface area (Å²) in [5, 5.41) is 3.26. The molecular weight excluding hydrogens is 329 g/mol. The average molecular weight is 345 g/mol. The van der Waals surface area contributed by atoms with Crippen molar-refractivity contribution < 1.29 is 18.7 Å². The van der Waals surface area contributed by atoms with Crippen LogP contribution in [0, 0.1) is 5.82 Å². The minimum Gasteiger partial charge on any atom is -0.495 e. The molecule has 3 rings (SSSR count). The number of methoxy groups -OCH3 is 2. The largest absolute Gasteiger partial charge is 0.495 e. The lowest BCUT2D eigenvalue weighted by atomic mass is 10.1. The summed E-state index contributed by atoms with van der Waals surface area (Å²) < 4.78 is 25.3. The molecule has 4 nitrogen and oxygen atoms in total. The van der Waals surface area contributed by atoms with Crippen molar-refractivity contribution in [2.45, 2.75) is 6.61 Å². The first kappa shape index (κ1) is 16.4. The maximum absolute atomic E-state index is 14.2. The Labute approximate surface area is 142 Å². The smallest absolute Gasteiger partial charge is 0.266 e. The predicted octanol–water partition coefficient (Wildman–Crippen LogP) is 4.45. The molecule has 1 aromatic heterocycles. The Balaban J connectivity index is 2.03. The fraction of sp³-hybridized carbons (Fsp3) is 0.167. The zero-order chi connectivity index (χ0) is 17.1. The van der Waals surface area contributed by atoms with Crippen LogP contribution < -0.4 is 10.1 Å². The maximum atomic E-state index is 14.2. The Morgan fingerprint density at radius 3 is 2.71 bits per heavy atom. The standard InChI is InChI=1S/C18H16FNO3S/c1-22-10-11-16-12(19)6-5-9-15(16)24-17(11)18(21)20-13-7-3-4-8-14(13)23-2/h3-9H,10H2,1-2H3,(H,20,21). The number of carbonyl (C=O) groups is 1. The SMILES string of the molecule is COCc1c(C(=O)Nc2ccccc2OC)sc2cccc(F)c12. The summed E-state index contributed by atoms with van der Waals surface area (Å²) in [7, 11) is 3.06. The van der Waals surface area contributed by atoms with E-state index in [0.717, 1.165) is 0 Å². The second-order valence-corrected chi connectivity index (χ2v) is 6.16. The molecule has 2 aromatic carbocycles. The second-order valence-electron chi connectivity index (χ2n) is 5.11. The van der Waals surface area contributed by atoms with Crippen LogP contribution in [0.3, 0.4) is 0 Å². The van der Waals surface area contributed by atoms with E-state index in [1.54, 1.807) is 30.3 Å². The van der Waals surface area contributed by atoms with Gasteiger partial charge in [0.15, 0.2) is 0 Å². The molecule has 0 unspecified atom stereocenters. The number of ether oxygens (including phenoxy) is 2. The molecule has 24 heavy (non-hydrogen) atoms. The van der Waals surface area contributed by atoms with E-state index in [1.165, 1.54) is 31.6 Å². The highest BCUT2D eigenvalue weighted by Crippen LogP contribution is 2.35. The zero-order valence-electron chi connectivity index (χ0n) is 13.3. The van der Waals surface area contributed by atoms with Gasteiger partial charge >= 0.3 is 0 Å². The van der Waals surface area contributed by atoms with Crippen LogP contribution in [0.4, 0.5) is 10.1 Å². The van der Waals surface area contributed by atoms with Gasteiger partial charge in [0.1, 0.15) is 11.6 Å². The third kappa shape index (κ3) is 2.98. The van der Waals surface area contributed by atoms with Crippen molar-refractivity contribution in [1.29, 1.82) is 0 Å². The summed E-state index contributed by atoms with van der Waals surface area (Å²) in [6.07, 6.45) is 0. The first-order valence-electron chi connectivity index (χ1n) is 7.29. The van der Waals surface area contributed by atoms with E-state index < -0.39 is 0 Å². The highest BCUT2D eigenvalue weighted by molar-refractivity contribution is 7.21. The van der Waals surface area contributed by atoms with Crippen LogP contribution in [0.1, 0.15) is 15.2 Å². The first-order chi connectivity index (χ1) is 11.7. The highest BCUT2D eigenvalue weighted by Gasteiger charge is 2.21. The summed E-state index contributed by atoms with van der Waals surface area (Å²) in [5.41, 5.74) is 1.12. The molecule has 1 heterocycles. The van der Waals surface area contributed by atoms with Gasteiger partial charge in [-0.2, -0.15) is 0 Å². The lowest BCUT2D eigenvalue weighted by Crippen LogP contribution is -2.13. The molecule has 124 valence electrons. The topological polar surface area (TPSA) is 47.6 Å². The van der Waals surface area contributed by atoms with Crippen LogP contribution in [0.2, 0.25) is 0 Å². The van der Waals surface area contributed by atoms with Gasteiger partial charge in [-0.25, -0.2) is 4.39 Å². The number of rotatable bonds is 5. The fourth-order valence-electron chi connectivity index (χ4n) is 2.56. The van der Waals surface area contributed by atoms with Gasteiger partial charge in [0.05, 0.1) is 24.3 Å². The molecule has 0 aliphatic carbocycles. The first-order valence-corrected chi connectivity index (χ1v) is 8.10. The quantitative estimate of drug-likeness (QED) is 0.743. The number of thiophene rings is 1. The average Bonchev–Trinajstić information content (AvgIpc) is 2.96. The minimum absolute atomic E-state index is 0.162. The fourth-order valence-corrected chi connectivity index (χ4v) is 3.68. The zero-order valence-corrected chi connectivity index (χ0v) is 14.1. The van der Waals surface area contributed by atoms with E-state index in [9.17, 15) is 9.18 Å². The molecule has 3 aromatic rings. The number of benzene rings is 2. The molecule has 1 N–H and O–H groups in total. The van der Waals surface area contributed by atoms with Crippen molar-refractivity contribution in [2.75, 3.05) is 19.5 Å². The van der Waals surface area contributed by atoms with Crippen molar-refractivity contribution >= 4 is 33.0 Å². The monoisotopic (exact) mass is 345 g/mol. The summed E-state index contributed by atoms with van der Waals surface area (Å²) >= 11 is 1.25. The second kappa shape index (κ2) is 6.98. The molecule has 0 aliphatic heterocycles. The third-order valence-electron chi connectivity index (χ3n) is 3.61. The van der Waals surface area contributed by atoms with Gasteiger partial charge in [0.25, 0.3) is 5.91 Å². The number of nitrogens with one attached hydrogen (secondary N) is 1. The normalized spacial score (nSPS) is 10.8. The van der Waals surface area contributed by atoms with E-state index in [1.807, 2.05) is 6.07 Å².